The van der Waals surface area contributed by atoms with Crippen molar-refractivity contribution in [2.24, 2.45) is 0 Å². The SMILES string of the molecule is CN(C(=O)CN1CCN(S(=O)(=O)c2ccc(I)cc2)CC1)c1ccccc1. The molecule has 1 heterocycles. The Morgan fingerprint density at radius 2 is 1.59 bits per heavy atom. The predicted molar refractivity (Wildman–Crippen MR) is 114 cm³/mol. The number of benzene rings is 2. The van der Waals surface area contributed by atoms with Gasteiger partial charge in [-0.2, -0.15) is 4.31 Å². The molecule has 1 fully saturated rings. The molecule has 1 saturated heterocycles. The fourth-order valence-electron chi connectivity index (χ4n) is 2.98. The van der Waals surface area contributed by atoms with Gasteiger partial charge in [0.15, 0.2) is 0 Å². The van der Waals surface area contributed by atoms with Crippen LogP contribution in [0.2, 0.25) is 0 Å². The molecule has 144 valence electrons. The number of carbonyl (C=O) groups excluding carboxylic acids is 1. The highest BCUT2D eigenvalue weighted by Crippen LogP contribution is 2.19. The van der Waals surface area contributed by atoms with Crippen LogP contribution in [0.4, 0.5) is 5.69 Å². The van der Waals surface area contributed by atoms with E-state index in [4.69, 9.17) is 0 Å². The summed E-state index contributed by atoms with van der Waals surface area (Å²) in [6, 6.07) is 16.4. The van der Waals surface area contributed by atoms with E-state index in [0.29, 0.717) is 31.1 Å². The summed E-state index contributed by atoms with van der Waals surface area (Å²) >= 11 is 2.15. The van der Waals surface area contributed by atoms with Crippen LogP contribution in [-0.2, 0) is 14.8 Å². The van der Waals surface area contributed by atoms with Crippen LogP contribution >= 0.6 is 22.6 Å². The standard InChI is InChI=1S/C19H22IN3O3S/c1-21(17-5-3-2-4-6-17)19(24)15-22-11-13-23(14-12-22)27(25,26)18-9-7-16(20)8-10-18/h2-10H,11-15H2,1H3. The maximum absolute atomic E-state index is 12.8. The molecule has 0 unspecified atom stereocenters. The van der Waals surface area contributed by atoms with Crippen molar-refractivity contribution >= 4 is 44.2 Å². The summed E-state index contributed by atoms with van der Waals surface area (Å²) in [5, 5.41) is 0. The third kappa shape index (κ3) is 4.87. The summed E-state index contributed by atoms with van der Waals surface area (Å²) in [5.74, 6) is -0.00450. The molecule has 0 radical (unpaired) electrons. The topological polar surface area (TPSA) is 60.9 Å². The zero-order chi connectivity index (χ0) is 19.4. The smallest absolute Gasteiger partial charge is 0.243 e. The van der Waals surface area contributed by atoms with E-state index in [1.807, 2.05) is 35.2 Å². The van der Waals surface area contributed by atoms with E-state index in [-0.39, 0.29) is 12.5 Å². The fraction of sp³-hybridized carbons (Fsp3) is 0.316. The van der Waals surface area contributed by atoms with Crippen LogP contribution in [0.5, 0.6) is 0 Å². The number of likely N-dealkylation sites (N-methyl/N-ethyl adjacent to an activating group) is 1. The summed E-state index contributed by atoms with van der Waals surface area (Å²) in [5.41, 5.74) is 0.849. The van der Waals surface area contributed by atoms with Crippen LogP contribution < -0.4 is 4.90 Å². The Morgan fingerprint density at radius 1 is 1.00 bits per heavy atom. The van der Waals surface area contributed by atoms with Crippen molar-refractivity contribution in [3.8, 4) is 0 Å². The van der Waals surface area contributed by atoms with Gasteiger partial charge >= 0.3 is 0 Å². The minimum atomic E-state index is -3.48. The highest BCUT2D eigenvalue weighted by atomic mass is 127. The summed E-state index contributed by atoms with van der Waals surface area (Å²) < 4.78 is 28.0. The molecule has 1 amide bonds. The molecule has 1 aliphatic rings. The molecule has 0 aromatic heterocycles. The van der Waals surface area contributed by atoms with E-state index >= 15 is 0 Å². The van der Waals surface area contributed by atoms with E-state index < -0.39 is 10.0 Å². The number of rotatable bonds is 5. The van der Waals surface area contributed by atoms with Crippen LogP contribution in [0.1, 0.15) is 0 Å². The Kier molecular flexibility index (Phi) is 6.51. The van der Waals surface area contributed by atoms with Gasteiger partial charge in [-0.1, -0.05) is 18.2 Å². The lowest BCUT2D eigenvalue weighted by Gasteiger charge is -2.34. The van der Waals surface area contributed by atoms with Crippen LogP contribution in [0, 0.1) is 3.57 Å². The van der Waals surface area contributed by atoms with Crippen molar-refractivity contribution in [2.75, 3.05) is 44.7 Å². The molecule has 3 rings (SSSR count). The molecule has 6 nitrogen and oxygen atoms in total. The molecule has 0 spiro atoms. The first-order valence-electron chi connectivity index (χ1n) is 8.67. The van der Waals surface area contributed by atoms with Gasteiger partial charge in [0.2, 0.25) is 15.9 Å². The highest BCUT2D eigenvalue weighted by molar-refractivity contribution is 14.1. The second-order valence-electron chi connectivity index (χ2n) is 6.42. The van der Waals surface area contributed by atoms with Crippen molar-refractivity contribution in [2.45, 2.75) is 4.90 Å². The van der Waals surface area contributed by atoms with Gasteiger partial charge < -0.3 is 4.90 Å². The summed E-state index contributed by atoms with van der Waals surface area (Å²) in [6.07, 6.45) is 0. The summed E-state index contributed by atoms with van der Waals surface area (Å²) in [4.78, 5) is 16.4. The molecule has 0 bridgehead atoms. The maximum Gasteiger partial charge on any atom is 0.243 e. The molecule has 8 heteroatoms. The molecule has 1 aliphatic heterocycles. The number of anilines is 1. The number of sulfonamides is 1. The Bertz CT molecular complexity index is 880. The zero-order valence-corrected chi connectivity index (χ0v) is 18.1. The first kappa shape index (κ1) is 20.2. The van der Waals surface area contributed by atoms with Gasteiger partial charge in [0.05, 0.1) is 11.4 Å². The van der Waals surface area contributed by atoms with E-state index in [1.165, 1.54) is 4.31 Å². The maximum atomic E-state index is 12.8. The van der Waals surface area contributed by atoms with Crippen molar-refractivity contribution in [1.82, 2.24) is 9.21 Å². The monoisotopic (exact) mass is 499 g/mol. The largest absolute Gasteiger partial charge is 0.314 e. The Morgan fingerprint density at radius 3 is 2.19 bits per heavy atom. The van der Waals surface area contributed by atoms with E-state index in [0.717, 1.165) is 9.26 Å². The number of nitrogens with zero attached hydrogens (tertiary/aromatic N) is 3. The Labute approximate surface area is 174 Å². The molecule has 0 N–H and O–H groups in total. The van der Waals surface area contributed by atoms with Crippen molar-refractivity contribution in [3.05, 3.63) is 58.2 Å². The quantitative estimate of drug-likeness (QED) is 0.593. The normalized spacial score (nSPS) is 16.2. The average molecular weight is 499 g/mol. The van der Waals surface area contributed by atoms with Gasteiger partial charge in [0.25, 0.3) is 0 Å². The molecule has 0 saturated carbocycles. The van der Waals surface area contributed by atoms with Crippen LogP contribution in [0.15, 0.2) is 59.5 Å². The van der Waals surface area contributed by atoms with Crippen molar-refractivity contribution in [3.63, 3.8) is 0 Å². The first-order chi connectivity index (χ1) is 12.9. The van der Waals surface area contributed by atoms with Gasteiger partial charge in [-0.05, 0) is 59.0 Å². The molecular formula is C19H22IN3O3S. The Balaban J connectivity index is 1.57. The van der Waals surface area contributed by atoms with Crippen LogP contribution in [0.25, 0.3) is 0 Å². The number of hydrogen-bond donors (Lipinski definition) is 0. The lowest BCUT2D eigenvalue weighted by atomic mass is 10.3. The molecular weight excluding hydrogens is 477 g/mol. The Hall–Kier alpha value is -1.49. The van der Waals surface area contributed by atoms with Gasteiger partial charge in [0, 0.05) is 42.5 Å². The van der Waals surface area contributed by atoms with Crippen molar-refractivity contribution < 1.29 is 13.2 Å². The molecule has 0 aliphatic carbocycles. The number of halogens is 1. The van der Waals surface area contributed by atoms with E-state index in [1.54, 1.807) is 36.2 Å². The lowest BCUT2D eigenvalue weighted by molar-refractivity contribution is -0.119. The van der Waals surface area contributed by atoms with Gasteiger partial charge in [-0.15, -0.1) is 0 Å². The molecule has 2 aromatic carbocycles. The number of carbonyl (C=O) groups is 1. The second-order valence-corrected chi connectivity index (χ2v) is 9.61. The predicted octanol–water partition coefficient (Wildman–Crippen LogP) is 2.26. The van der Waals surface area contributed by atoms with Crippen molar-refractivity contribution in [1.29, 1.82) is 0 Å². The third-order valence-corrected chi connectivity index (χ3v) is 7.29. The fourth-order valence-corrected chi connectivity index (χ4v) is 4.76. The zero-order valence-electron chi connectivity index (χ0n) is 15.1. The van der Waals surface area contributed by atoms with Gasteiger partial charge in [0.1, 0.15) is 0 Å². The van der Waals surface area contributed by atoms with Gasteiger partial charge in [-0.3, -0.25) is 9.69 Å². The molecule has 2 aromatic rings. The molecule has 0 atom stereocenters. The van der Waals surface area contributed by atoms with Crippen LogP contribution in [-0.4, -0.2) is 63.3 Å². The first-order valence-corrected chi connectivity index (χ1v) is 11.2. The number of amides is 1. The summed E-state index contributed by atoms with van der Waals surface area (Å²) in [7, 11) is -1.72. The summed E-state index contributed by atoms with van der Waals surface area (Å²) in [6.45, 7) is 2.13. The average Bonchev–Trinajstić information content (AvgIpc) is 2.69. The van der Waals surface area contributed by atoms with E-state index in [2.05, 4.69) is 22.6 Å². The number of piperazine rings is 1. The minimum Gasteiger partial charge on any atom is -0.314 e. The van der Waals surface area contributed by atoms with Gasteiger partial charge in [-0.25, -0.2) is 8.42 Å². The van der Waals surface area contributed by atoms with Crippen LogP contribution in [0.3, 0.4) is 0 Å². The molecule has 27 heavy (non-hydrogen) atoms. The lowest BCUT2D eigenvalue weighted by Crippen LogP contribution is -2.51. The van der Waals surface area contributed by atoms with E-state index in [9.17, 15) is 13.2 Å². The number of para-hydroxylation sites is 1. The third-order valence-electron chi connectivity index (χ3n) is 4.66. The highest BCUT2D eigenvalue weighted by Gasteiger charge is 2.29. The minimum absolute atomic E-state index is 0.00450. The number of hydrogen-bond acceptors (Lipinski definition) is 4. The second kappa shape index (κ2) is 8.68.